The minimum atomic E-state index is 0.680. The minimum Gasteiger partial charge on any atom is -0.380 e. The Bertz CT molecular complexity index is 677. The van der Waals surface area contributed by atoms with E-state index in [-0.39, 0.29) is 0 Å². The summed E-state index contributed by atoms with van der Waals surface area (Å²) in [5.74, 6) is 0. The van der Waals surface area contributed by atoms with E-state index in [0.29, 0.717) is 10.0 Å². The topological polar surface area (TPSA) is 19.4 Å². The van der Waals surface area contributed by atoms with Gasteiger partial charge >= 0.3 is 0 Å². The van der Waals surface area contributed by atoms with Crippen molar-refractivity contribution >= 4 is 34.5 Å². The first-order valence-electron chi connectivity index (χ1n) is 8.76. The van der Waals surface area contributed by atoms with Crippen molar-refractivity contribution in [1.29, 1.82) is 0 Å². The molecule has 0 saturated heterocycles. The Morgan fingerprint density at radius 1 is 1.15 bits per heavy atom. The van der Waals surface area contributed by atoms with Gasteiger partial charge in [0, 0.05) is 35.6 Å². The largest absolute Gasteiger partial charge is 0.380 e. The molecule has 1 aromatic carbocycles. The van der Waals surface area contributed by atoms with Gasteiger partial charge in [-0.05, 0) is 51.3 Å². The molecule has 26 heavy (non-hydrogen) atoms. The second kappa shape index (κ2) is 11.6. The van der Waals surface area contributed by atoms with Crippen LogP contribution in [-0.2, 0) is 0 Å². The zero-order chi connectivity index (χ0) is 19.7. The fourth-order valence-electron chi connectivity index (χ4n) is 2.18. The van der Waals surface area contributed by atoms with E-state index in [4.69, 9.17) is 23.2 Å². The van der Waals surface area contributed by atoms with Crippen LogP contribution in [0.2, 0.25) is 10.0 Å². The van der Waals surface area contributed by atoms with Crippen LogP contribution in [0.5, 0.6) is 0 Å². The predicted octanol–water partition coefficient (Wildman–Crippen LogP) is 6.14. The number of nitrogens with zero attached hydrogens (tertiary/aromatic N) is 3. The van der Waals surface area contributed by atoms with E-state index in [1.807, 2.05) is 19.2 Å². The Labute approximate surface area is 172 Å². The van der Waals surface area contributed by atoms with Gasteiger partial charge in [-0.3, -0.25) is 0 Å². The molecule has 0 radical (unpaired) electrons. The maximum Gasteiger partial charge on any atom is 0.125 e. The number of halogens is 2. The Morgan fingerprint density at radius 3 is 2.31 bits per heavy atom. The van der Waals surface area contributed by atoms with Crippen LogP contribution in [0, 0.1) is 13.8 Å². The fraction of sp³-hybridized carbons (Fsp3) is 0.450. The van der Waals surface area contributed by atoms with Crippen molar-refractivity contribution in [2.75, 3.05) is 33.2 Å². The minimum absolute atomic E-state index is 0.680. The highest BCUT2D eigenvalue weighted by Gasteiger charge is 2.10. The summed E-state index contributed by atoms with van der Waals surface area (Å²) in [7, 11) is 2.05. The summed E-state index contributed by atoms with van der Waals surface area (Å²) in [6.45, 7) is 16.6. The number of aryl methyl sites for hydroxylation is 2. The molecule has 0 aliphatic carbocycles. The highest BCUT2D eigenvalue weighted by Crippen LogP contribution is 2.34. The molecule has 144 valence electrons. The van der Waals surface area contributed by atoms with E-state index in [1.165, 1.54) is 4.88 Å². The number of likely N-dealkylation sites (N-methyl/N-ethyl adjacent to an activating group) is 2. The van der Waals surface area contributed by atoms with E-state index in [0.717, 1.165) is 42.4 Å². The summed E-state index contributed by atoms with van der Waals surface area (Å²) < 4.78 is 0. The van der Waals surface area contributed by atoms with Gasteiger partial charge in [-0.15, -0.1) is 11.3 Å². The average molecular weight is 414 g/mol. The summed E-state index contributed by atoms with van der Waals surface area (Å²) in [4.78, 5) is 10.2. The molecule has 3 nitrogen and oxygen atoms in total. The predicted molar refractivity (Wildman–Crippen MR) is 118 cm³/mol. The molecule has 0 bridgehead atoms. The molecule has 0 N–H and O–H groups in total. The number of hydrogen-bond donors (Lipinski definition) is 0. The number of thiazole rings is 1. The van der Waals surface area contributed by atoms with E-state index in [2.05, 4.69) is 49.2 Å². The Hall–Kier alpha value is -1.07. The van der Waals surface area contributed by atoms with Gasteiger partial charge in [-0.25, -0.2) is 4.98 Å². The first-order chi connectivity index (χ1) is 12.3. The monoisotopic (exact) mass is 413 g/mol. The first-order valence-corrected chi connectivity index (χ1v) is 10.3. The molecule has 0 amide bonds. The van der Waals surface area contributed by atoms with Gasteiger partial charge in [0.1, 0.15) is 5.01 Å². The summed E-state index contributed by atoms with van der Waals surface area (Å²) in [6, 6.07) is 5.42. The van der Waals surface area contributed by atoms with E-state index in [9.17, 15) is 0 Å². The second-order valence-corrected chi connectivity index (χ2v) is 8.02. The third-order valence-corrected chi connectivity index (χ3v) is 5.83. The fourth-order valence-corrected chi connectivity index (χ4v) is 3.56. The molecular weight excluding hydrogens is 385 g/mol. The molecule has 0 aliphatic rings. The lowest BCUT2D eigenvalue weighted by Gasteiger charge is -2.21. The lowest BCUT2D eigenvalue weighted by molar-refractivity contribution is 0.272. The van der Waals surface area contributed by atoms with Crippen molar-refractivity contribution in [3.8, 4) is 10.6 Å². The average Bonchev–Trinajstić information content (AvgIpc) is 2.97. The van der Waals surface area contributed by atoms with Gasteiger partial charge in [-0.1, -0.05) is 43.6 Å². The molecule has 0 aliphatic heterocycles. The third kappa shape index (κ3) is 7.28. The van der Waals surface area contributed by atoms with Crippen LogP contribution in [0.3, 0.4) is 0 Å². The van der Waals surface area contributed by atoms with Crippen molar-refractivity contribution in [2.45, 2.75) is 27.7 Å². The van der Waals surface area contributed by atoms with Gasteiger partial charge in [0.25, 0.3) is 0 Å². The van der Waals surface area contributed by atoms with Gasteiger partial charge in [0.2, 0.25) is 0 Å². The van der Waals surface area contributed by atoms with Crippen LogP contribution in [0.25, 0.3) is 10.6 Å². The smallest absolute Gasteiger partial charge is 0.125 e. The third-order valence-electron chi connectivity index (χ3n) is 4.16. The van der Waals surface area contributed by atoms with Gasteiger partial charge in [-0.2, -0.15) is 0 Å². The highest BCUT2D eigenvalue weighted by atomic mass is 35.5. The van der Waals surface area contributed by atoms with Crippen LogP contribution >= 0.6 is 34.5 Å². The Balaban J connectivity index is 0.000000276. The summed E-state index contributed by atoms with van der Waals surface area (Å²) in [5.41, 5.74) is 1.96. The zero-order valence-electron chi connectivity index (χ0n) is 16.4. The molecule has 0 saturated carbocycles. The molecule has 1 aromatic heterocycles. The van der Waals surface area contributed by atoms with Crippen molar-refractivity contribution in [1.82, 2.24) is 14.8 Å². The molecular formula is C20H29Cl2N3S. The molecule has 0 spiro atoms. The van der Waals surface area contributed by atoms with Crippen molar-refractivity contribution in [3.63, 3.8) is 0 Å². The quantitative estimate of drug-likeness (QED) is 0.543. The van der Waals surface area contributed by atoms with Crippen LogP contribution in [0.15, 0.2) is 31.0 Å². The molecule has 2 aromatic rings. The maximum atomic E-state index is 6.10. The lowest BCUT2D eigenvalue weighted by Crippen LogP contribution is -2.30. The summed E-state index contributed by atoms with van der Waals surface area (Å²) >= 11 is 13.7. The van der Waals surface area contributed by atoms with Gasteiger partial charge < -0.3 is 9.80 Å². The second-order valence-electron chi connectivity index (χ2n) is 5.97. The standard InChI is InChI=1S/C11H9Cl2NS.C9H20N2/c1-6-7(2)15-11(14-6)9-5-8(12)3-4-10(9)13;1-5-10(4)8-9-11(6-2)7-3/h3-5H,1-2H3;5H,1,6-9H2,2-4H3. The van der Waals surface area contributed by atoms with E-state index in [1.54, 1.807) is 23.5 Å². The van der Waals surface area contributed by atoms with Gasteiger partial charge in [0.15, 0.2) is 0 Å². The molecule has 0 atom stereocenters. The van der Waals surface area contributed by atoms with Crippen LogP contribution < -0.4 is 0 Å². The molecule has 1 heterocycles. The molecule has 6 heteroatoms. The molecule has 2 rings (SSSR count). The molecule has 0 unspecified atom stereocenters. The molecule has 0 fully saturated rings. The Kier molecular flexibility index (Phi) is 10.3. The normalized spacial score (nSPS) is 10.5. The van der Waals surface area contributed by atoms with Crippen molar-refractivity contribution in [3.05, 3.63) is 51.6 Å². The lowest BCUT2D eigenvalue weighted by atomic mass is 10.2. The van der Waals surface area contributed by atoms with Crippen LogP contribution in [-0.4, -0.2) is 48.0 Å². The SMILES string of the molecule is C=CN(C)CCN(CC)CC.Cc1nc(-c2cc(Cl)ccc2Cl)sc1C. The van der Waals surface area contributed by atoms with Crippen molar-refractivity contribution in [2.24, 2.45) is 0 Å². The van der Waals surface area contributed by atoms with Gasteiger partial charge in [0.05, 0.1) is 10.7 Å². The number of rotatable bonds is 7. The number of hydrogen-bond acceptors (Lipinski definition) is 4. The Morgan fingerprint density at radius 2 is 1.81 bits per heavy atom. The van der Waals surface area contributed by atoms with E-state index < -0.39 is 0 Å². The van der Waals surface area contributed by atoms with Crippen molar-refractivity contribution < 1.29 is 0 Å². The number of aromatic nitrogens is 1. The summed E-state index contributed by atoms with van der Waals surface area (Å²) in [5, 5.41) is 2.30. The van der Waals surface area contributed by atoms with Crippen LogP contribution in [0.4, 0.5) is 0 Å². The van der Waals surface area contributed by atoms with E-state index >= 15 is 0 Å². The highest BCUT2D eigenvalue weighted by molar-refractivity contribution is 7.15. The zero-order valence-corrected chi connectivity index (χ0v) is 18.7. The first kappa shape index (κ1) is 23.0. The number of benzene rings is 1. The van der Waals surface area contributed by atoms with Crippen LogP contribution in [0.1, 0.15) is 24.4 Å². The summed E-state index contributed by atoms with van der Waals surface area (Å²) in [6.07, 6.45) is 1.86. The maximum absolute atomic E-state index is 6.10.